The molecular weight excluding hydrogens is 364 g/mol. The third kappa shape index (κ3) is 4.65. The first-order chi connectivity index (χ1) is 11.6. The molecule has 126 valence electrons. The summed E-state index contributed by atoms with van der Waals surface area (Å²) >= 11 is 15.3. The maximum absolute atomic E-state index is 11.4. The van der Waals surface area contributed by atoms with Crippen LogP contribution in [-0.2, 0) is 16.2 Å². The van der Waals surface area contributed by atoms with Crippen LogP contribution >= 0.6 is 36.9 Å². The van der Waals surface area contributed by atoms with Crippen LogP contribution in [0.3, 0.4) is 0 Å². The van der Waals surface area contributed by atoms with Crippen LogP contribution < -0.4 is 0 Å². The van der Waals surface area contributed by atoms with E-state index >= 15 is 0 Å². The van der Waals surface area contributed by atoms with Crippen molar-refractivity contribution in [3.63, 3.8) is 0 Å². The smallest absolute Gasteiger partial charge is 0.150 e. The minimum Gasteiger partial charge on any atom is -0.298 e. The first-order valence-electron chi connectivity index (χ1n) is 7.19. The summed E-state index contributed by atoms with van der Waals surface area (Å²) in [5.74, 6) is 0. The molecule has 2 aromatic rings. The van der Waals surface area contributed by atoms with E-state index < -0.39 is 0 Å². The van der Waals surface area contributed by atoms with Gasteiger partial charge in [-0.15, -0.1) is 25.3 Å². The summed E-state index contributed by atoms with van der Waals surface area (Å²) in [4.78, 5) is 22.1. The summed E-state index contributed by atoms with van der Waals surface area (Å²) in [7, 11) is 1.45. The van der Waals surface area contributed by atoms with Crippen LogP contribution in [0.2, 0.25) is 5.02 Å². The van der Waals surface area contributed by atoms with E-state index in [4.69, 9.17) is 16.5 Å². The lowest BCUT2D eigenvalue weighted by molar-refractivity contribution is -0.271. The Hall–Kier alpha value is -1.24. The van der Waals surface area contributed by atoms with E-state index in [2.05, 4.69) is 30.1 Å². The topological polar surface area (TPSA) is 35.5 Å². The largest absolute Gasteiger partial charge is 0.298 e. The van der Waals surface area contributed by atoms with Crippen molar-refractivity contribution < 1.29 is 14.6 Å². The van der Waals surface area contributed by atoms with Gasteiger partial charge in [-0.2, -0.15) is 0 Å². The molecular formula is C18H17ClO3S2. The summed E-state index contributed by atoms with van der Waals surface area (Å²) in [6, 6.07) is 13.0. The standard InChI is InChI=1S/C18H17ClO3S2/c1-21-22-9-8-12-6-7-13(10-14(12)11-20)17(23)18(24)15-4-2-3-5-16(15)19/h2-7,10-11,23-24H,8-9H2,1H3/b18-17-. The molecule has 3 nitrogen and oxygen atoms in total. The molecule has 0 amide bonds. The lowest BCUT2D eigenvalue weighted by atomic mass is 10.0. The molecule has 0 spiro atoms. The van der Waals surface area contributed by atoms with Crippen molar-refractivity contribution in [2.75, 3.05) is 13.7 Å². The van der Waals surface area contributed by atoms with Gasteiger partial charge in [0.1, 0.15) is 6.29 Å². The zero-order valence-corrected chi connectivity index (χ0v) is 15.6. The fraction of sp³-hybridized carbons (Fsp3) is 0.167. The van der Waals surface area contributed by atoms with Gasteiger partial charge in [-0.05, 0) is 29.7 Å². The van der Waals surface area contributed by atoms with Crippen molar-refractivity contribution in [2.45, 2.75) is 6.42 Å². The van der Waals surface area contributed by atoms with E-state index in [-0.39, 0.29) is 0 Å². The molecule has 0 aliphatic rings. The first-order valence-corrected chi connectivity index (χ1v) is 8.47. The van der Waals surface area contributed by atoms with Crippen molar-refractivity contribution >= 4 is 53.0 Å². The second-order valence-corrected chi connectivity index (χ2v) is 6.25. The molecule has 0 aliphatic carbocycles. The molecule has 0 aliphatic heterocycles. The van der Waals surface area contributed by atoms with Gasteiger partial charge in [0.15, 0.2) is 0 Å². The van der Waals surface area contributed by atoms with E-state index in [0.717, 1.165) is 23.0 Å². The van der Waals surface area contributed by atoms with Gasteiger partial charge in [0.25, 0.3) is 0 Å². The molecule has 0 heterocycles. The van der Waals surface area contributed by atoms with Crippen molar-refractivity contribution in [3.05, 3.63) is 69.7 Å². The number of halogens is 1. The molecule has 0 aromatic heterocycles. The third-order valence-corrected chi connectivity index (χ3v) is 4.92. The van der Waals surface area contributed by atoms with Gasteiger partial charge in [-0.1, -0.05) is 41.9 Å². The molecule has 6 heteroatoms. The molecule has 0 saturated heterocycles. The lowest BCUT2D eigenvalue weighted by Crippen LogP contribution is -2.01. The number of carbonyl (C=O) groups excluding carboxylic acids is 1. The zero-order valence-electron chi connectivity index (χ0n) is 13.0. The van der Waals surface area contributed by atoms with Crippen LogP contribution in [-0.4, -0.2) is 20.0 Å². The maximum atomic E-state index is 11.4. The number of rotatable bonds is 7. The predicted molar refractivity (Wildman–Crippen MR) is 105 cm³/mol. The van der Waals surface area contributed by atoms with E-state index in [9.17, 15) is 4.79 Å². The summed E-state index contributed by atoms with van der Waals surface area (Å²) in [5, 5.41) is 0.595. The van der Waals surface area contributed by atoms with Gasteiger partial charge in [0, 0.05) is 26.0 Å². The molecule has 0 unspecified atom stereocenters. The number of hydrogen-bond donors (Lipinski definition) is 2. The predicted octanol–water partition coefficient (Wildman–Crippen LogP) is 4.96. The summed E-state index contributed by atoms with van der Waals surface area (Å²) in [6.45, 7) is 0.373. The summed E-state index contributed by atoms with van der Waals surface area (Å²) < 4.78 is 0. The third-order valence-electron chi connectivity index (χ3n) is 3.47. The number of thiol groups is 2. The second kappa shape index (κ2) is 9.30. The van der Waals surface area contributed by atoms with Gasteiger partial charge in [0.2, 0.25) is 0 Å². The average Bonchev–Trinajstić information content (AvgIpc) is 2.61. The van der Waals surface area contributed by atoms with Crippen LogP contribution in [0.1, 0.15) is 27.0 Å². The maximum Gasteiger partial charge on any atom is 0.150 e. The van der Waals surface area contributed by atoms with Gasteiger partial charge in [0.05, 0.1) is 13.7 Å². The van der Waals surface area contributed by atoms with E-state index in [1.54, 1.807) is 12.1 Å². The summed E-state index contributed by atoms with van der Waals surface area (Å²) in [5.41, 5.74) is 3.05. The molecule has 0 saturated carbocycles. The van der Waals surface area contributed by atoms with Crippen molar-refractivity contribution in [1.82, 2.24) is 0 Å². The summed E-state index contributed by atoms with van der Waals surface area (Å²) in [6.07, 6.45) is 1.40. The highest BCUT2D eigenvalue weighted by Crippen LogP contribution is 2.35. The lowest BCUT2D eigenvalue weighted by Gasteiger charge is -2.11. The van der Waals surface area contributed by atoms with Gasteiger partial charge < -0.3 is 0 Å². The molecule has 24 heavy (non-hydrogen) atoms. The highest BCUT2D eigenvalue weighted by Gasteiger charge is 2.11. The second-order valence-electron chi connectivity index (χ2n) is 4.95. The zero-order chi connectivity index (χ0) is 17.5. The van der Waals surface area contributed by atoms with Crippen LogP contribution in [0.4, 0.5) is 0 Å². The number of hydrogen-bond acceptors (Lipinski definition) is 5. The molecule has 0 bridgehead atoms. The minimum absolute atomic E-state index is 0.373. The number of aldehydes is 1. The Morgan fingerprint density at radius 3 is 2.58 bits per heavy atom. The Bertz CT molecular complexity index is 760. The number of carbonyl (C=O) groups is 1. The van der Waals surface area contributed by atoms with E-state index in [0.29, 0.717) is 33.4 Å². The highest BCUT2D eigenvalue weighted by atomic mass is 35.5. The monoisotopic (exact) mass is 380 g/mol. The first kappa shape index (κ1) is 19.1. The van der Waals surface area contributed by atoms with Crippen LogP contribution in [0.25, 0.3) is 9.81 Å². The minimum atomic E-state index is 0.373. The SMILES string of the molecule is COOCCc1ccc(/C(S)=C(/S)c2ccccc2Cl)cc1C=O. The quantitative estimate of drug-likeness (QED) is 0.178. The van der Waals surface area contributed by atoms with E-state index in [1.165, 1.54) is 7.11 Å². The number of benzene rings is 2. The molecule has 0 N–H and O–H groups in total. The molecule has 2 aromatic carbocycles. The Kier molecular flexibility index (Phi) is 7.40. The molecule has 0 fully saturated rings. The van der Waals surface area contributed by atoms with Gasteiger partial charge in [-0.3, -0.25) is 4.79 Å². The van der Waals surface area contributed by atoms with Crippen molar-refractivity contribution in [2.24, 2.45) is 0 Å². The molecule has 2 rings (SSSR count). The Balaban J connectivity index is 2.36. The van der Waals surface area contributed by atoms with Crippen molar-refractivity contribution in [1.29, 1.82) is 0 Å². The Labute approximate surface area is 157 Å². The van der Waals surface area contributed by atoms with E-state index in [1.807, 2.05) is 30.3 Å². The van der Waals surface area contributed by atoms with Crippen LogP contribution in [0, 0.1) is 0 Å². The fourth-order valence-electron chi connectivity index (χ4n) is 2.23. The highest BCUT2D eigenvalue weighted by molar-refractivity contribution is 7.96. The van der Waals surface area contributed by atoms with Crippen LogP contribution in [0.5, 0.6) is 0 Å². The van der Waals surface area contributed by atoms with Gasteiger partial charge in [-0.25, -0.2) is 9.78 Å². The average molecular weight is 381 g/mol. The van der Waals surface area contributed by atoms with Crippen LogP contribution in [0.15, 0.2) is 42.5 Å². The van der Waals surface area contributed by atoms with Crippen molar-refractivity contribution in [3.8, 4) is 0 Å². The Morgan fingerprint density at radius 2 is 1.92 bits per heavy atom. The van der Waals surface area contributed by atoms with Gasteiger partial charge >= 0.3 is 0 Å². The molecule has 0 radical (unpaired) electrons. The normalized spacial score (nSPS) is 12.0. The molecule has 0 atom stereocenters. The fourth-order valence-corrected chi connectivity index (χ4v) is 3.11. The Morgan fingerprint density at radius 1 is 1.17 bits per heavy atom.